The van der Waals surface area contributed by atoms with Crippen molar-refractivity contribution < 1.29 is 4.74 Å². The van der Waals surface area contributed by atoms with Crippen LogP contribution in [0.25, 0.3) is 0 Å². The molecule has 2 rings (SSSR count). The second-order valence-electron chi connectivity index (χ2n) is 4.64. The Morgan fingerprint density at radius 2 is 2.25 bits per heavy atom. The highest BCUT2D eigenvalue weighted by Crippen LogP contribution is 2.26. The Bertz CT molecular complexity index is 318. The number of hydrogen-bond acceptors (Lipinski definition) is 3. The molecule has 0 aliphatic carbocycles. The first-order valence-corrected chi connectivity index (χ1v) is 6.30. The van der Waals surface area contributed by atoms with Crippen LogP contribution in [0.4, 0.5) is 0 Å². The molecule has 0 aromatic carbocycles. The Hall–Kier alpha value is -0.900. The molecular weight excluding hydrogens is 202 g/mol. The van der Waals surface area contributed by atoms with E-state index in [1.54, 1.807) is 0 Å². The van der Waals surface area contributed by atoms with Gasteiger partial charge >= 0.3 is 0 Å². The number of hydrogen-bond donors (Lipinski definition) is 0. The van der Waals surface area contributed by atoms with Gasteiger partial charge in [0.2, 0.25) is 0 Å². The quantitative estimate of drug-likeness (QED) is 0.787. The SMILES string of the molecule is CCCC(C)c1cnnn1C1CCOCC1. The first kappa shape index (κ1) is 11.6. The summed E-state index contributed by atoms with van der Waals surface area (Å²) in [6.07, 6.45) is 6.47. The average Bonchev–Trinajstić information content (AvgIpc) is 2.79. The Kier molecular flexibility index (Phi) is 3.93. The van der Waals surface area contributed by atoms with Crippen LogP contribution in [0.15, 0.2) is 6.20 Å². The molecule has 4 heteroatoms. The highest BCUT2D eigenvalue weighted by molar-refractivity contribution is 5.03. The van der Waals surface area contributed by atoms with Crippen molar-refractivity contribution in [2.45, 2.75) is 51.5 Å². The van der Waals surface area contributed by atoms with Crippen molar-refractivity contribution in [3.8, 4) is 0 Å². The molecule has 0 saturated carbocycles. The number of rotatable bonds is 4. The molecule has 1 fully saturated rings. The maximum Gasteiger partial charge on any atom is 0.0728 e. The summed E-state index contributed by atoms with van der Waals surface area (Å²) < 4.78 is 7.51. The van der Waals surface area contributed by atoms with E-state index in [1.165, 1.54) is 18.5 Å². The summed E-state index contributed by atoms with van der Waals surface area (Å²) in [5, 5.41) is 8.33. The summed E-state index contributed by atoms with van der Waals surface area (Å²) in [5.41, 5.74) is 1.29. The Morgan fingerprint density at radius 1 is 1.50 bits per heavy atom. The van der Waals surface area contributed by atoms with E-state index in [-0.39, 0.29) is 0 Å². The van der Waals surface area contributed by atoms with Crippen LogP contribution < -0.4 is 0 Å². The van der Waals surface area contributed by atoms with Gasteiger partial charge in [0.15, 0.2) is 0 Å². The highest BCUT2D eigenvalue weighted by Gasteiger charge is 2.21. The molecule has 0 N–H and O–H groups in total. The van der Waals surface area contributed by atoms with Crippen molar-refractivity contribution in [2.75, 3.05) is 13.2 Å². The van der Waals surface area contributed by atoms with Gasteiger partial charge in [0.1, 0.15) is 0 Å². The third kappa shape index (κ3) is 2.43. The van der Waals surface area contributed by atoms with Crippen LogP contribution >= 0.6 is 0 Å². The molecule has 0 bridgehead atoms. The lowest BCUT2D eigenvalue weighted by molar-refractivity contribution is 0.0646. The average molecular weight is 223 g/mol. The number of aromatic nitrogens is 3. The molecule has 1 atom stereocenters. The van der Waals surface area contributed by atoms with Gasteiger partial charge in [-0.05, 0) is 25.2 Å². The van der Waals surface area contributed by atoms with Crippen LogP contribution in [0.2, 0.25) is 0 Å². The molecule has 1 saturated heterocycles. The zero-order valence-corrected chi connectivity index (χ0v) is 10.2. The van der Waals surface area contributed by atoms with Crippen molar-refractivity contribution >= 4 is 0 Å². The molecule has 0 spiro atoms. The molecule has 1 aromatic rings. The van der Waals surface area contributed by atoms with Gasteiger partial charge < -0.3 is 4.74 Å². The summed E-state index contributed by atoms with van der Waals surface area (Å²) in [5.74, 6) is 0.558. The summed E-state index contributed by atoms with van der Waals surface area (Å²) in [6.45, 7) is 6.19. The van der Waals surface area contributed by atoms with E-state index in [0.717, 1.165) is 26.1 Å². The molecule has 1 unspecified atom stereocenters. The Balaban J connectivity index is 2.11. The summed E-state index contributed by atoms with van der Waals surface area (Å²) in [6, 6.07) is 0.491. The number of ether oxygens (including phenoxy) is 1. The fourth-order valence-electron chi connectivity index (χ4n) is 2.40. The van der Waals surface area contributed by atoms with Gasteiger partial charge in [-0.1, -0.05) is 25.5 Å². The van der Waals surface area contributed by atoms with E-state index < -0.39 is 0 Å². The van der Waals surface area contributed by atoms with Gasteiger partial charge in [0.25, 0.3) is 0 Å². The molecule has 2 heterocycles. The first-order chi connectivity index (χ1) is 7.83. The lowest BCUT2D eigenvalue weighted by Crippen LogP contribution is -2.22. The van der Waals surface area contributed by atoms with Gasteiger partial charge in [0.05, 0.1) is 17.9 Å². The lowest BCUT2D eigenvalue weighted by Gasteiger charge is -2.24. The monoisotopic (exact) mass is 223 g/mol. The number of nitrogens with zero attached hydrogens (tertiary/aromatic N) is 3. The predicted molar refractivity (Wildman–Crippen MR) is 62.4 cm³/mol. The van der Waals surface area contributed by atoms with E-state index in [9.17, 15) is 0 Å². The lowest BCUT2D eigenvalue weighted by atomic mass is 10.0. The van der Waals surface area contributed by atoms with E-state index in [0.29, 0.717) is 12.0 Å². The minimum absolute atomic E-state index is 0.491. The second-order valence-corrected chi connectivity index (χ2v) is 4.64. The largest absolute Gasteiger partial charge is 0.381 e. The molecule has 0 radical (unpaired) electrons. The minimum atomic E-state index is 0.491. The molecule has 0 amide bonds. The zero-order chi connectivity index (χ0) is 11.4. The van der Waals surface area contributed by atoms with Crippen LogP contribution in [-0.2, 0) is 4.74 Å². The topological polar surface area (TPSA) is 39.9 Å². The van der Waals surface area contributed by atoms with Gasteiger partial charge in [-0.2, -0.15) is 0 Å². The van der Waals surface area contributed by atoms with E-state index in [1.807, 2.05) is 6.20 Å². The summed E-state index contributed by atoms with van der Waals surface area (Å²) in [7, 11) is 0. The predicted octanol–water partition coefficient (Wildman–Crippen LogP) is 2.53. The van der Waals surface area contributed by atoms with Gasteiger partial charge in [-0.25, -0.2) is 4.68 Å². The van der Waals surface area contributed by atoms with Crippen LogP contribution in [0.1, 0.15) is 57.2 Å². The first-order valence-electron chi connectivity index (χ1n) is 6.30. The molecule has 1 aliphatic rings. The van der Waals surface area contributed by atoms with Crippen LogP contribution in [0, 0.1) is 0 Å². The Morgan fingerprint density at radius 3 is 2.94 bits per heavy atom. The van der Waals surface area contributed by atoms with Crippen molar-refractivity contribution in [2.24, 2.45) is 0 Å². The van der Waals surface area contributed by atoms with Crippen LogP contribution in [0.5, 0.6) is 0 Å². The fourth-order valence-corrected chi connectivity index (χ4v) is 2.40. The van der Waals surface area contributed by atoms with Crippen molar-refractivity contribution in [3.05, 3.63) is 11.9 Å². The van der Waals surface area contributed by atoms with E-state index >= 15 is 0 Å². The molecule has 1 aromatic heterocycles. The van der Waals surface area contributed by atoms with Gasteiger partial charge in [-0.3, -0.25) is 0 Å². The van der Waals surface area contributed by atoms with Crippen LogP contribution in [0.3, 0.4) is 0 Å². The third-order valence-electron chi connectivity index (χ3n) is 3.37. The van der Waals surface area contributed by atoms with Crippen molar-refractivity contribution in [1.82, 2.24) is 15.0 Å². The zero-order valence-electron chi connectivity index (χ0n) is 10.2. The van der Waals surface area contributed by atoms with Crippen molar-refractivity contribution in [3.63, 3.8) is 0 Å². The van der Waals surface area contributed by atoms with Crippen molar-refractivity contribution in [1.29, 1.82) is 0 Å². The molecule has 1 aliphatic heterocycles. The molecule has 16 heavy (non-hydrogen) atoms. The highest BCUT2D eigenvalue weighted by atomic mass is 16.5. The minimum Gasteiger partial charge on any atom is -0.381 e. The van der Waals surface area contributed by atoms with Crippen LogP contribution in [-0.4, -0.2) is 28.2 Å². The van der Waals surface area contributed by atoms with E-state index in [4.69, 9.17) is 4.74 Å². The Labute approximate surface area is 97.0 Å². The summed E-state index contributed by atoms with van der Waals surface area (Å²) in [4.78, 5) is 0. The third-order valence-corrected chi connectivity index (χ3v) is 3.37. The normalized spacial score (nSPS) is 19.9. The fraction of sp³-hybridized carbons (Fsp3) is 0.833. The maximum absolute atomic E-state index is 5.38. The van der Waals surface area contributed by atoms with Gasteiger partial charge in [0, 0.05) is 13.2 Å². The molecule has 90 valence electrons. The van der Waals surface area contributed by atoms with Gasteiger partial charge in [-0.15, -0.1) is 5.10 Å². The smallest absolute Gasteiger partial charge is 0.0728 e. The second kappa shape index (κ2) is 5.43. The van der Waals surface area contributed by atoms with E-state index in [2.05, 4.69) is 28.8 Å². The summed E-state index contributed by atoms with van der Waals surface area (Å²) >= 11 is 0. The molecular formula is C12H21N3O. The standard InChI is InChI=1S/C12H21N3O/c1-3-4-10(2)12-9-13-14-15(12)11-5-7-16-8-6-11/h9-11H,3-8H2,1-2H3. The molecule has 4 nitrogen and oxygen atoms in total. The maximum atomic E-state index is 5.38.